The van der Waals surface area contributed by atoms with Crippen molar-refractivity contribution in [2.24, 2.45) is 7.05 Å². The average Bonchev–Trinajstić information content (AvgIpc) is 2.99. The van der Waals surface area contributed by atoms with Crippen LogP contribution in [0.25, 0.3) is 10.9 Å². The van der Waals surface area contributed by atoms with Crippen LogP contribution in [0.3, 0.4) is 0 Å². The van der Waals surface area contributed by atoms with E-state index in [9.17, 15) is 0 Å². The SMILES string of the molecule is CCNCCc1cn(C)c2cc3c(cc12)CN(C(C)(C)C)C3. The summed E-state index contributed by atoms with van der Waals surface area (Å²) < 4.78 is 2.29. The molecular weight excluding hydrogens is 270 g/mol. The molecule has 2 heterocycles. The molecule has 3 nitrogen and oxygen atoms in total. The smallest absolute Gasteiger partial charge is 0.0484 e. The molecule has 22 heavy (non-hydrogen) atoms. The fourth-order valence-corrected chi connectivity index (χ4v) is 3.43. The second kappa shape index (κ2) is 5.71. The topological polar surface area (TPSA) is 20.2 Å². The Morgan fingerprint density at radius 3 is 2.45 bits per heavy atom. The van der Waals surface area contributed by atoms with Crippen LogP contribution in [0.15, 0.2) is 18.3 Å². The molecule has 0 aliphatic carbocycles. The fraction of sp³-hybridized carbons (Fsp3) is 0.579. The normalized spacial score (nSPS) is 15.7. The molecule has 1 aromatic heterocycles. The molecule has 0 saturated heterocycles. The lowest BCUT2D eigenvalue weighted by molar-refractivity contribution is 0.136. The van der Waals surface area contributed by atoms with Crippen LogP contribution in [0.4, 0.5) is 0 Å². The summed E-state index contributed by atoms with van der Waals surface area (Å²) in [6, 6.07) is 4.85. The molecule has 1 aromatic carbocycles. The van der Waals surface area contributed by atoms with Gasteiger partial charge in [-0.05, 0) is 69.1 Å². The molecule has 1 N–H and O–H groups in total. The van der Waals surface area contributed by atoms with Crippen molar-refractivity contribution in [3.8, 4) is 0 Å². The van der Waals surface area contributed by atoms with Gasteiger partial charge in [-0.1, -0.05) is 6.92 Å². The number of hydrogen-bond acceptors (Lipinski definition) is 2. The Bertz CT molecular complexity index is 676. The third-order valence-corrected chi connectivity index (χ3v) is 4.89. The molecule has 0 radical (unpaired) electrons. The van der Waals surface area contributed by atoms with E-state index in [1.807, 2.05) is 0 Å². The number of aromatic nitrogens is 1. The zero-order chi connectivity index (χ0) is 15.9. The Hall–Kier alpha value is -1.32. The number of fused-ring (bicyclic) bond motifs is 2. The van der Waals surface area contributed by atoms with Gasteiger partial charge in [0.25, 0.3) is 0 Å². The lowest BCUT2D eigenvalue weighted by Crippen LogP contribution is -2.36. The third kappa shape index (κ3) is 2.80. The summed E-state index contributed by atoms with van der Waals surface area (Å²) >= 11 is 0. The van der Waals surface area contributed by atoms with Crippen molar-refractivity contribution < 1.29 is 0 Å². The van der Waals surface area contributed by atoms with Crippen LogP contribution < -0.4 is 5.32 Å². The van der Waals surface area contributed by atoms with E-state index < -0.39 is 0 Å². The molecule has 0 bridgehead atoms. The number of nitrogens with zero attached hydrogens (tertiary/aromatic N) is 2. The molecule has 3 rings (SSSR count). The highest BCUT2D eigenvalue weighted by atomic mass is 15.2. The van der Waals surface area contributed by atoms with Gasteiger partial charge in [0.1, 0.15) is 0 Å². The number of likely N-dealkylation sites (N-methyl/N-ethyl adjacent to an activating group) is 1. The molecule has 2 aromatic rings. The molecule has 0 atom stereocenters. The van der Waals surface area contributed by atoms with E-state index in [-0.39, 0.29) is 5.54 Å². The first-order valence-electron chi connectivity index (χ1n) is 8.45. The molecule has 1 aliphatic heterocycles. The molecule has 1 aliphatic rings. The van der Waals surface area contributed by atoms with E-state index in [1.54, 1.807) is 0 Å². The first-order chi connectivity index (χ1) is 10.4. The minimum atomic E-state index is 0.235. The summed E-state index contributed by atoms with van der Waals surface area (Å²) in [5, 5.41) is 4.87. The lowest BCUT2D eigenvalue weighted by atomic mass is 10.0. The van der Waals surface area contributed by atoms with E-state index in [2.05, 4.69) is 67.9 Å². The zero-order valence-electron chi connectivity index (χ0n) is 14.7. The first-order valence-corrected chi connectivity index (χ1v) is 8.45. The van der Waals surface area contributed by atoms with Crippen molar-refractivity contribution in [1.82, 2.24) is 14.8 Å². The second-order valence-corrected chi connectivity index (χ2v) is 7.53. The molecule has 0 fully saturated rings. The number of hydrogen-bond donors (Lipinski definition) is 1. The van der Waals surface area contributed by atoms with Gasteiger partial charge in [-0.3, -0.25) is 4.90 Å². The van der Waals surface area contributed by atoms with Crippen molar-refractivity contribution >= 4 is 10.9 Å². The summed E-state index contributed by atoms with van der Waals surface area (Å²) in [5.41, 5.74) is 6.09. The van der Waals surface area contributed by atoms with Crippen LogP contribution >= 0.6 is 0 Å². The summed E-state index contributed by atoms with van der Waals surface area (Å²) in [7, 11) is 2.17. The molecule has 0 unspecified atom stereocenters. The number of benzene rings is 1. The molecule has 3 heteroatoms. The summed E-state index contributed by atoms with van der Waals surface area (Å²) in [4.78, 5) is 2.56. The van der Waals surface area contributed by atoms with Gasteiger partial charge < -0.3 is 9.88 Å². The zero-order valence-corrected chi connectivity index (χ0v) is 14.7. The van der Waals surface area contributed by atoms with Gasteiger partial charge in [0, 0.05) is 42.8 Å². The number of nitrogens with one attached hydrogen (secondary N) is 1. The third-order valence-electron chi connectivity index (χ3n) is 4.89. The van der Waals surface area contributed by atoms with Gasteiger partial charge in [0.2, 0.25) is 0 Å². The van der Waals surface area contributed by atoms with Crippen molar-refractivity contribution in [2.45, 2.75) is 52.7 Å². The van der Waals surface area contributed by atoms with Gasteiger partial charge in [-0.2, -0.15) is 0 Å². The molecule has 0 saturated carbocycles. The molecule has 0 spiro atoms. The van der Waals surface area contributed by atoms with Crippen LogP contribution in [0.1, 0.15) is 44.4 Å². The average molecular weight is 299 g/mol. The highest BCUT2D eigenvalue weighted by molar-refractivity contribution is 5.86. The van der Waals surface area contributed by atoms with Gasteiger partial charge in [0.15, 0.2) is 0 Å². The Labute approximate surface area is 134 Å². The van der Waals surface area contributed by atoms with Crippen molar-refractivity contribution in [2.75, 3.05) is 13.1 Å². The van der Waals surface area contributed by atoms with E-state index in [0.717, 1.165) is 32.6 Å². The fourth-order valence-electron chi connectivity index (χ4n) is 3.43. The molecular formula is C19H29N3. The summed E-state index contributed by atoms with van der Waals surface area (Å²) in [5.74, 6) is 0. The van der Waals surface area contributed by atoms with Crippen LogP contribution in [-0.4, -0.2) is 28.1 Å². The van der Waals surface area contributed by atoms with E-state index in [4.69, 9.17) is 0 Å². The second-order valence-electron chi connectivity index (χ2n) is 7.53. The van der Waals surface area contributed by atoms with Gasteiger partial charge in [-0.25, -0.2) is 0 Å². The Morgan fingerprint density at radius 2 is 1.82 bits per heavy atom. The minimum absolute atomic E-state index is 0.235. The first kappa shape index (κ1) is 15.6. The Balaban J connectivity index is 1.94. The Kier molecular flexibility index (Phi) is 4.04. The van der Waals surface area contributed by atoms with Crippen LogP contribution in [0.5, 0.6) is 0 Å². The minimum Gasteiger partial charge on any atom is -0.350 e. The van der Waals surface area contributed by atoms with Crippen molar-refractivity contribution in [1.29, 1.82) is 0 Å². The van der Waals surface area contributed by atoms with Crippen LogP contribution in [0, 0.1) is 0 Å². The largest absolute Gasteiger partial charge is 0.350 e. The Morgan fingerprint density at radius 1 is 1.14 bits per heavy atom. The number of rotatable bonds is 4. The van der Waals surface area contributed by atoms with E-state index in [1.165, 1.54) is 27.6 Å². The van der Waals surface area contributed by atoms with Crippen molar-refractivity contribution in [3.05, 3.63) is 35.0 Å². The van der Waals surface area contributed by atoms with Gasteiger partial charge >= 0.3 is 0 Å². The quantitative estimate of drug-likeness (QED) is 0.873. The number of aryl methyl sites for hydroxylation is 1. The molecule has 0 amide bonds. The van der Waals surface area contributed by atoms with E-state index >= 15 is 0 Å². The maximum Gasteiger partial charge on any atom is 0.0484 e. The summed E-state index contributed by atoms with van der Waals surface area (Å²) in [6.07, 6.45) is 3.41. The molecule has 120 valence electrons. The van der Waals surface area contributed by atoms with Gasteiger partial charge in [0.05, 0.1) is 0 Å². The monoisotopic (exact) mass is 299 g/mol. The van der Waals surface area contributed by atoms with Crippen molar-refractivity contribution in [3.63, 3.8) is 0 Å². The van der Waals surface area contributed by atoms with Gasteiger partial charge in [-0.15, -0.1) is 0 Å². The highest BCUT2D eigenvalue weighted by Crippen LogP contribution is 2.33. The van der Waals surface area contributed by atoms with Crippen LogP contribution in [-0.2, 0) is 26.6 Å². The lowest BCUT2D eigenvalue weighted by Gasteiger charge is -2.31. The van der Waals surface area contributed by atoms with Crippen LogP contribution in [0.2, 0.25) is 0 Å². The highest BCUT2D eigenvalue weighted by Gasteiger charge is 2.28. The maximum atomic E-state index is 3.43. The summed E-state index contributed by atoms with van der Waals surface area (Å²) in [6.45, 7) is 13.3. The standard InChI is InChI=1S/C19H29N3/c1-6-20-8-7-14-11-21(5)18-10-16-13-22(19(2,3)4)12-15(16)9-17(14)18/h9-11,20H,6-8,12-13H2,1-5H3. The maximum absolute atomic E-state index is 3.43. The van der Waals surface area contributed by atoms with E-state index in [0.29, 0.717) is 0 Å². The predicted octanol–water partition coefficient (Wildman–Crippen LogP) is 3.44. The predicted molar refractivity (Wildman–Crippen MR) is 94.2 cm³/mol.